The van der Waals surface area contributed by atoms with Crippen LogP contribution in [0, 0.1) is 17.8 Å². The average Bonchev–Trinajstić information content (AvgIpc) is 2.10. The molecule has 0 nitrogen and oxygen atoms in total. The van der Waals surface area contributed by atoms with Crippen molar-refractivity contribution in [3.05, 3.63) is 0 Å². The number of hydrogen-bond acceptors (Lipinski definition) is 1. The van der Waals surface area contributed by atoms with Gasteiger partial charge in [0.1, 0.15) is 0 Å². The maximum atomic E-state index is 2.45. The molecule has 0 aromatic carbocycles. The SMILES string of the molecule is CCCSCC1C(C)CCCC1C. The van der Waals surface area contributed by atoms with Crippen LogP contribution in [0.3, 0.4) is 0 Å². The number of rotatable bonds is 4. The van der Waals surface area contributed by atoms with E-state index < -0.39 is 0 Å². The summed E-state index contributed by atoms with van der Waals surface area (Å²) in [4.78, 5) is 0. The normalized spacial score (nSPS) is 34.8. The third-order valence-electron chi connectivity index (χ3n) is 3.44. The molecule has 0 aromatic heterocycles. The van der Waals surface area contributed by atoms with Crippen LogP contribution in [0.2, 0.25) is 0 Å². The molecule has 1 aliphatic rings. The smallest absolute Gasteiger partial charge is 0.00340 e. The molecule has 0 aromatic rings. The highest BCUT2D eigenvalue weighted by Crippen LogP contribution is 2.36. The van der Waals surface area contributed by atoms with E-state index in [4.69, 9.17) is 0 Å². The zero-order valence-electron chi connectivity index (χ0n) is 9.38. The van der Waals surface area contributed by atoms with Gasteiger partial charge in [-0.3, -0.25) is 0 Å². The van der Waals surface area contributed by atoms with E-state index in [-0.39, 0.29) is 0 Å². The van der Waals surface area contributed by atoms with Crippen LogP contribution in [0.5, 0.6) is 0 Å². The summed E-state index contributed by atoms with van der Waals surface area (Å²) < 4.78 is 0. The van der Waals surface area contributed by atoms with Gasteiger partial charge in [0.2, 0.25) is 0 Å². The molecule has 0 N–H and O–H groups in total. The van der Waals surface area contributed by atoms with Crippen molar-refractivity contribution in [1.29, 1.82) is 0 Å². The summed E-state index contributed by atoms with van der Waals surface area (Å²) in [6.07, 6.45) is 5.75. The van der Waals surface area contributed by atoms with Crippen LogP contribution in [0.15, 0.2) is 0 Å². The predicted molar refractivity (Wildman–Crippen MR) is 63.3 cm³/mol. The van der Waals surface area contributed by atoms with E-state index >= 15 is 0 Å². The van der Waals surface area contributed by atoms with Crippen LogP contribution in [0.1, 0.15) is 46.5 Å². The second kappa shape index (κ2) is 5.95. The van der Waals surface area contributed by atoms with Gasteiger partial charge in [0.05, 0.1) is 0 Å². The Morgan fingerprint density at radius 2 is 1.77 bits per heavy atom. The van der Waals surface area contributed by atoms with Gasteiger partial charge in [0, 0.05) is 0 Å². The van der Waals surface area contributed by atoms with E-state index in [2.05, 4.69) is 32.5 Å². The summed E-state index contributed by atoms with van der Waals surface area (Å²) >= 11 is 2.17. The van der Waals surface area contributed by atoms with Gasteiger partial charge in [-0.05, 0) is 35.7 Å². The van der Waals surface area contributed by atoms with E-state index in [0.29, 0.717) is 0 Å². The van der Waals surface area contributed by atoms with Crippen molar-refractivity contribution in [2.24, 2.45) is 17.8 Å². The fourth-order valence-corrected chi connectivity index (χ4v) is 3.83. The van der Waals surface area contributed by atoms with Gasteiger partial charge in [-0.15, -0.1) is 0 Å². The number of hydrogen-bond donors (Lipinski definition) is 0. The van der Waals surface area contributed by atoms with Crippen LogP contribution >= 0.6 is 11.8 Å². The summed E-state index contributed by atoms with van der Waals surface area (Å²) in [5, 5.41) is 0. The van der Waals surface area contributed by atoms with E-state index in [1.165, 1.54) is 37.2 Å². The lowest BCUT2D eigenvalue weighted by Crippen LogP contribution is -2.26. The molecule has 1 aliphatic carbocycles. The van der Waals surface area contributed by atoms with Crippen molar-refractivity contribution in [2.75, 3.05) is 11.5 Å². The Morgan fingerprint density at radius 1 is 1.15 bits per heavy atom. The average molecular weight is 200 g/mol. The fourth-order valence-electron chi connectivity index (χ4n) is 2.44. The van der Waals surface area contributed by atoms with Crippen molar-refractivity contribution < 1.29 is 0 Å². The van der Waals surface area contributed by atoms with Gasteiger partial charge in [0.25, 0.3) is 0 Å². The van der Waals surface area contributed by atoms with Gasteiger partial charge in [-0.25, -0.2) is 0 Å². The Kier molecular flexibility index (Phi) is 5.23. The van der Waals surface area contributed by atoms with Gasteiger partial charge >= 0.3 is 0 Å². The minimum absolute atomic E-state index is 0.980. The van der Waals surface area contributed by atoms with E-state index in [1.54, 1.807) is 0 Å². The van der Waals surface area contributed by atoms with Gasteiger partial charge in [0.15, 0.2) is 0 Å². The topological polar surface area (TPSA) is 0 Å². The molecule has 1 fully saturated rings. The van der Waals surface area contributed by atoms with Crippen LogP contribution < -0.4 is 0 Å². The van der Waals surface area contributed by atoms with E-state index in [1.807, 2.05) is 0 Å². The van der Waals surface area contributed by atoms with Crippen molar-refractivity contribution >= 4 is 11.8 Å². The van der Waals surface area contributed by atoms with Gasteiger partial charge in [-0.2, -0.15) is 11.8 Å². The summed E-state index contributed by atoms with van der Waals surface area (Å²) in [5.74, 6) is 5.73. The molecule has 2 atom stereocenters. The van der Waals surface area contributed by atoms with Crippen molar-refractivity contribution in [3.63, 3.8) is 0 Å². The molecule has 78 valence electrons. The lowest BCUT2D eigenvalue weighted by Gasteiger charge is -2.34. The third-order valence-corrected chi connectivity index (χ3v) is 4.76. The Labute approximate surface area is 87.9 Å². The molecule has 0 heterocycles. The molecular formula is C12H24S. The second-order valence-electron chi connectivity index (χ2n) is 4.62. The maximum Gasteiger partial charge on any atom is -0.00340 e. The Hall–Kier alpha value is 0.350. The molecule has 1 saturated carbocycles. The van der Waals surface area contributed by atoms with Gasteiger partial charge < -0.3 is 0 Å². The van der Waals surface area contributed by atoms with Crippen molar-refractivity contribution in [2.45, 2.75) is 46.5 Å². The Morgan fingerprint density at radius 3 is 2.31 bits per heavy atom. The Bertz CT molecular complexity index is 123. The molecule has 1 rings (SSSR count). The first-order valence-electron chi connectivity index (χ1n) is 5.83. The first-order valence-corrected chi connectivity index (χ1v) is 6.99. The highest BCUT2D eigenvalue weighted by molar-refractivity contribution is 7.99. The second-order valence-corrected chi connectivity index (χ2v) is 5.77. The molecule has 2 unspecified atom stereocenters. The monoisotopic (exact) mass is 200 g/mol. The van der Waals surface area contributed by atoms with Crippen molar-refractivity contribution in [1.82, 2.24) is 0 Å². The third kappa shape index (κ3) is 3.53. The molecule has 0 aliphatic heterocycles. The van der Waals surface area contributed by atoms with Crippen LogP contribution in [-0.2, 0) is 0 Å². The molecule has 0 bridgehead atoms. The highest BCUT2D eigenvalue weighted by atomic mass is 32.2. The quantitative estimate of drug-likeness (QED) is 0.613. The Balaban J connectivity index is 2.26. The van der Waals surface area contributed by atoms with Crippen LogP contribution in [-0.4, -0.2) is 11.5 Å². The zero-order chi connectivity index (χ0) is 9.68. The van der Waals surface area contributed by atoms with Gasteiger partial charge in [-0.1, -0.05) is 40.0 Å². The largest absolute Gasteiger partial charge is 0.162 e. The summed E-state index contributed by atoms with van der Waals surface area (Å²) in [6, 6.07) is 0. The molecule has 0 spiro atoms. The summed E-state index contributed by atoms with van der Waals surface area (Å²) in [6.45, 7) is 7.18. The summed E-state index contributed by atoms with van der Waals surface area (Å²) in [5.41, 5.74) is 0. The summed E-state index contributed by atoms with van der Waals surface area (Å²) in [7, 11) is 0. The minimum Gasteiger partial charge on any atom is -0.162 e. The van der Waals surface area contributed by atoms with Crippen molar-refractivity contribution in [3.8, 4) is 0 Å². The standard InChI is InChI=1S/C12H24S/c1-4-8-13-9-12-10(2)6-5-7-11(12)3/h10-12H,4-9H2,1-3H3. The molecule has 1 heteroatoms. The van der Waals surface area contributed by atoms with Crippen LogP contribution in [0.4, 0.5) is 0 Å². The lowest BCUT2D eigenvalue weighted by atomic mass is 9.75. The predicted octanol–water partition coefficient (Wildman–Crippen LogP) is 4.20. The fraction of sp³-hybridized carbons (Fsp3) is 1.00. The van der Waals surface area contributed by atoms with Crippen LogP contribution in [0.25, 0.3) is 0 Å². The first-order chi connectivity index (χ1) is 6.25. The molecular weight excluding hydrogens is 176 g/mol. The molecule has 13 heavy (non-hydrogen) atoms. The first kappa shape index (κ1) is 11.4. The minimum atomic E-state index is 0.980. The number of thioether (sulfide) groups is 1. The lowest BCUT2D eigenvalue weighted by molar-refractivity contribution is 0.202. The van der Waals surface area contributed by atoms with E-state index in [9.17, 15) is 0 Å². The van der Waals surface area contributed by atoms with E-state index in [0.717, 1.165) is 17.8 Å². The molecule has 0 amide bonds. The highest BCUT2D eigenvalue weighted by Gasteiger charge is 2.26. The molecule has 0 saturated heterocycles. The maximum absolute atomic E-state index is 2.45. The zero-order valence-corrected chi connectivity index (χ0v) is 10.2. The molecule has 0 radical (unpaired) electrons.